The lowest BCUT2D eigenvalue weighted by Crippen LogP contribution is -1.99. The fourth-order valence-electron chi connectivity index (χ4n) is 0.799. The van der Waals surface area contributed by atoms with Crippen LogP contribution in [0.2, 0.25) is 5.02 Å². The SMILES string of the molecule is C=C(N)CN=Cc1c(F)cncc1Cl. The van der Waals surface area contributed by atoms with Gasteiger partial charge < -0.3 is 5.73 Å². The van der Waals surface area contributed by atoms with E-state index in [1.807, 2.05) is 0 Å². The molecule has 0 saturated carbocycles. The van der Waals surface area contributed by atoms with Crippen molar-refractivity contribution in [2.75, 3.05) is 6.54 Å². The topological polar surface area (TPSA) is 51.3 Å². The fourth-order valence-corrected chi connectivity index (χ4v) is 0.994. The van der Waals surface area contributed by atoms with Crippen molar-refractivity contribution in [1.82, 2.24) is 4.98 Å². The van der Waals surface area contributed by atoms with Crippen LogP contribution in [0.3, 0.4) is 0 Å². The molecular formula is C9H9ClFN3. The van der Waals surface area contributed by atoms with Crippen LogP contribution < -0.4 is 5.73 Å². The van der Waals surface area contributed by atoms with Gasteiger partial charge in [-0.3, -0.25) is 9.98 Å². The molecule has 0 radical (unpaired) electrons. The minimum atomic E-state index is -0.510. The standard InChI is InChI=1S/C9H9ClFN3/c1-6(12)2-13-3-7-8(10)4-14-5-9(7)11/h3-5H,1-2,12H2. The van der Waals surface area contributed by atoms with E-state index < -0.39 is 5.82 Å². The number of aromatic nitrogens is 1. The van der Waals surface area contributed by atoms with Crippen LogP contribution in [0, 0.1) is 5.82 Å². The van der Waals surface area contributed by atoms with Crippen molar-refractivity contribution in [3.63, 3.8) is 0 Å². The quantitative estimate of drug-likeness (QED) is 0.778. The van der Waals surface area contributed by atoms with Crippen molar-refractivity contribution in [3.8, 4) is 0 Å². The summed E-state index contributed by atoms with van der Waals surface area (Å²) >= 11 is 5.70. The van der Waals surface area contributed by atoms with Crippen LogP contribution in [0.25, 0.3) is 0 Å². The molecule has 0 amide bonds. The van der Waals surface area contributed by atoms with Crippen molar-refractivity contribution in [2.45, 2.75) is 0 Å². The summed E-state index contributed by atoms with van der Waals surface area (Å²) in [5.74, 6) is -0.510. The Morgan fingerprint density at radius 2 is 2.43 bits per heavy atom. The Kier molecular flexibility index (Phi) is 3.59. The first-order valence-corrected chi connectivity index (χ1v) is 4.21. The lowest BCUT2D eigenvalue weighted by Gasteiger charge is -1.98. The predicted molar refractivity (Wildman–Crippen MR) is 55.0 cm³/mol. The molecule has 0 fully saturated rings. The van der Waals surface area contributed by atoms with Gasteiger partial charge in [0, 0.05) is 23.7 Å². The Morgan fingerprint density at radius 1 is 1.71 bits per heavy atom. The second kappa shape index (κ2) is 4.72. The fraction of sp³-hybridized carbons (Fsp3) is 0.111. The molecule has 0 saturated heterocycles. The monoisotopic (exact) mass is 213 g/mol. The van der Waals surface area contributed by atoms with Gasteiger partial charge in [0.1, 0.15) is 0 Å². The molecule has 1 aromatic rings. The highest BCUT2D eigenvalue weighted by atomic mass is 35.5. The van der Waals surface area contributed by atoms with E-state index in [4.69, 9.17) is 17.3 Å². The largest absolute Gasteiger partial charge is 0.401 e. The molecule has 0 bridgehead atoms. The highest BCUT2D eigenvalue weighted by molar-refractivity contribution is 6.32. The molecule has 0 aliphatic rings. The van der Waals surface area contributed by atoms with E-state index in [2.05, 4.69) is 16.6 Å². The van der Waals surface area contributed by atoms with E-state index in [1.54, 1.807) is 0 Å². The average Bonchev–Trinajstić information content (AvgIpc) is 2.09. The Balaban J connectivity index is 2.85. The van der Waals surface area contributed by atoms with E-state index in [9.17, 15) is 4.39 Å². The average molecular weight is 214 g/mol. The van der Waals surface area contributed by atoms with Gasteiger partial charge in [-0.2, -0.15) is 0 Å². The zero-order valence-corrected chi connectivity index (χ0v) is 8.13. The molecule has 1 aromatic heterocycles. The van der Waals surface area contributed by atoms with Crippen molar-refractivity contribution in [1.29, 1.82) is 0 Å². The second-order valence-electron chi connectivity index (χ2n) is 2.64. The Bertz CT molecular complexity index is 356. The van der Waals surface area contributed by atoms with E-state index in [-0.39, 0.29) is 17.1 Å². The molecule has 0 unspecified atom stereocenters. The van der Waals surface area contributed by atoms with E-state index in [0.717, 1.165) is 6.20 Å². The summed E-state index contributed by atoms with van der Waals surface area (Å²) in [6.45, 7) is 3.70. The lowest BCUT2D eigenvalue weighted by atomic mass is 10.3. The van der Waals surface area contributed by atoms with Gasteiger partial charge in [-0.05, 0) is 0 Å². The molecule has 1 heterocycles. The number of pyridine rings is 1. The summed E-state index contributed by atoms with van der Waals surface area (Å²) < 4.78 is 13.1. The highest BCUT2D eigenvalue weighted by Crippen LogP contribution is 2.14. The molecule has 2 N–H and O–H groups in total. The molecule has 14 heavy (non-hydrogen) atoms. The van der Waals surface area contributed by atoms with Crippen LogP contribution in [-0.2, 0) is 0 Å². The number of hydrogen-bond donors (Lipinski definition) is 1. The number of nitrogens with two attached hydrogens (primary N) is 1. The van der Waals surface area contributed by atoms with E-state index >= 15 is 0 Å². The summed E-state index contributed by atoms with van der Waals surface area (Å²) in [5.41, 5.74) is 5.91. The smallest absolute Gasteiger partial charge is 0.151 e. The molecule has 0 atom stereocenters. The van der Waals surface area contributed by atoms with Gasteiger partial charge in [0.05, 0.1) is 17.8 Å². The molecule has 3 nitrogen and oxygen atoms in total. The first-order valence-electron chi connectivity index (χ1n) is 3.83. The molecule has 0 aliphatic carbocycles. The molecule has 0 spiro atoms. The second-order valence-corrected chi connectivity index (χ2v) is 3.05. The van der Waals surface area contributed by atoms with Crippen molar-refractivity contribution < 1.29 is 4.39 Å². The Labute approximate surface area is 86.1 Å². The maximum absolute atomic E-state index is 13.1. The maximum atomic E-state index is 13.1. The normalized spacial score (nSPS) is 10.7. The first kappa shape index (κ1) is 10.7. The summed E-state index contributed by atoms with van der Waals surface area (Å²) in [7, 11) is 0. The van der Waals surface area contributed by atoms with E-state index in [1.165, 1.54) is 12.4 Å². The first-order chi connectivity index (χ1) is 6.61. The van der Waals surface area contributed by atoms with Gasteiger partial charge in [-0.1, -0.05) is 18.2 Å². The minimum Gasteiger partial charge on any atom is -0.401 e. The number of hydrogen-bond acceptors (Lipinski definition) is 3. The van der Waals surface area contributed by atoms with Gasteiger partial charge in [-0.25, -0.2) is 4.39 Å². The number of rotatable bonds is 3. The minimum absolute atomic E-state index is 0.211. The molecule has 74 valence electrons. The van der Waals surface area contributed by atoms with E-state index in [0.29, 0.717) is 5.70 Å². The summed E-state index contributed by atoms with van der Waals surface area (Å²) in [4.78, 5) is 7.44. The lowest BCUT2D eigenvalue weighted by molar-refractivity contribution is 0.619. The Hall–Kier alpha value is -1.42. The summed E-state index contributed by atoms with van der Waals surface area (Å²) in [6.07, 6.45) is 3.74. The molecule has 1 rings (SSSR count). The number of halogens is 2. The summed E-state index contributed by atoms with van der Waals surface area (Å²) in [5, 5.41) is 0.219. The van der Waals surface area contributed by atoms with Gasteiger partial charge in [0.2, 0.25) is 0 Å². The van der Waals surface area contributed by atoms with Gasteiger partial charge in [-0.15, -0.1) is 0 Å². The van der Waals surface area contributed by atoms with Crippen molar-refractivity contribution in [3.05, 3.63) is 41.1 Å². The third-order valence-corrected chi connectivity index (χ3v) is 1.71. The zero-order chi connectivity index (χ0) is 10.6. The molecular weight excluding hydrogens is 205 g/mol. The molecule has 5 heteroatoms. The molecule has 0 aliphatic heterocycles. The predicted octanol–water partition coefficient (Wildman–Crippen LogP) is 1.77. The summed E-state index contributed by atoms with van der Waals surface area (Å²) in [6, 6.07) is 0. The maximum Gasteiger partial charge on any atom is 0.151 e. The Morgan fingerprint density at radius 3 is 3.00 bits per heavy atom. The van der Waals surface area contributed by atoms with Crippen LogP contribution in [0.15, 0.2) is 29.7 Å². The van der Waals surface area contributed by atoms with Crippen molar-refractivity contribution >= 4 is 17.8 Å². The van der Waals surface area contributed by atoms with Gasteiger partial charge in [0.15, 0.2) is 5.82 Å². The van der Waals surface area contributed by atoms with Crippen LogP contribution in [-0.4, -0.2) is 17.7 Å². The third kappa shape index (κ3) is 2.81. The third-order valence-electron chi connectivity index (χ3n) is 1.41. The van der Waals surface area contributed by atoms with Crippen LogP contribution in [0.4, 0.5) is 4.39 Å². The number of nitrogens with zero attached hydrogens (tertiary/aromatic N) is 2. The molecule has 0 aromatic carbocycles. The zero-order valence-electron chi connectivity index (χ0n) is 7.37. The van der Waals surface area contributed by atoms with Gasteiger partial charge in [0.25, 0.3) is 0 Å². The van der Waals surface area contributed by atoms with Crippen LogP contribution in [0.1, 0.15) is 5.56 Å². The van der Waals surface area contributed by atoms with Crippen LogP contribution in [0.5, 0.6) is 0 Å². The van der Waals surface area contributed by atoms with Crippen LogP contribution >= 0.6 is 11.6 Å². The van der Waals surface area contributed by atoms with Crippen molar-refractivity contribution in [2.24, 2.45) is 10.7 Å². The number of aliphatic imine (C=N–C) groups is 1. The van der Waals surface area contributed by atoms with Gasteiger partial charge >= 0.3 is 0 Å². The highest BCUT2D eigenvalue weighted by Gasteiger charge is 2.03.